The standard InChI is InChI=1S/C19H16N2O4/c1-25-19(24)13-7-5-12(6-8-13)11-21-17-15-3-2-4-16(18(22)23)14(15)9-10-20-17/h2-10H,11H2,1H3,(H,20,21)(H,22,23). The van der Waals surface area contributed by atoms with Crippen molar-refractivity contribution in [2.45, 2.75) is 6.54 Å². The van der Waals surface area contributed by atoms with Crippen LogP contribution in [0.2, 0.25) is 0 Å². The van der Waals surface area contributed by atoms with Gasteiger partial charge in [-0.2, -0.15) is 0 Å². The minimum Gasteiger partial charge on any atom is -0.478 e. The monoisotopic (exact) mass is 336 g/mol. The molecule has 0 saturated carbocycles. The molecule has 1 heterocycles. The van der Waals surface area contributed by atoms with Gasteiger partial charge in [0.25, 0.3) is 0 Å². The number of fused-ring (bicyclic) bond motifs is 1. The molecule has 0 saturated heterocycles. The third-order valence-electron chi connectivity index (χ3n) is 3.87. The zero-order valence-electron chi connectivity index (χ0n) is 13.5. The molecule has 6 nitrogen and oxygen atoms in total. The Bertz CT molecular complexity index is 936. The van der Waals surface area contributed by atoms with Crippen LogP contribution in [0.25, 0.3) is 10.8 Å². The summed E-state index contributed by atoms with van der Waals surface area (Å²) in [5.41, 5.74) is 1.69. The molecule has 3 rings (SSSR count). The first-order valence-electron chi connectivity index (χ1n) is 7.62. The smallest absolute Gasteiger partial charge is 0.337 e. The Hall–Kier alpha value is -3.41. The fraction of sp³-hybridized carbons (Fsp3) is 0.105. The molecule has 1 aromatic heterocycles. The maximum Gasteiger partial charge on any atom is 0.337 e. The number of aromatic nitrogens is 1. The van der Waals surface area contributed by atoms with Gasteiger partial charge in [0, 0.05) is 23.5 Å². The average molecular weight is 336 g/mol. The van der Waals surface area contributed by atoms with Crippen LogP contribution in [0, 0.1) is 0 Å². The zero-order valence-corrected chi connectivity index (χ0v) is 13.5. The van der Waals surface area contributed by atoms with E-state index < -0.39 is 5.97 Å². The molecule has 0 amide bonds. The van der Waals surface area contributed by atoms with Crippen molar-refractivity contribution < 1.29 is 19.4 Å². The van der Waals surface area contributed by atoms with Crippen molar-refractivity contribution in [1.29, 1.82) is 0 Å². The van der Waals surface area contributed by atoms with E-state index in [1.54, 1.807) is 36.5 Å². The van der Waals surface area contributed by atoms with Crippen LogP contribution in [-0.4, -0.2) is 29.1 Å². The highest BCUT2D eigenvalue weighted by atomic mass is 16.5. The van der Waals surface area contributed by atoms with Gasteiger partial charge in [-0.15, -0.1) is 0 Å². The molecule has 0 bridgehead atoms. The number of aromatic carboxylic acids is 1. The van der Waals surface area contributed by atoms with Gasteiger partial charge in [-0.3, -0.25) is 0 Å². The third kappa shape index (κ3) is 3.42. The fourth-order valence-electron chi connectivity index (χ4n) is 2.60. The molecule has 3 aromatic rings. The number of nitrogens with zero attached hydrogens (tertiary/aromatic N) is 1. The number of benzene rings is 2. The van der Waals surface area contributed by atoms with Crippen LogP contribution < -0.4 is 5.32 Å². The first-order chi connectivity index (χ1) is 12.1. The molecular formula is C19H16N2O4. The summed E-state index contributed by atoms with van der Waals surface area (Å²) < 4.78 is 4.67. The summed E-state index contributed by atoms with van der Waals surface area (Å²) in [5, 5.41) is 13.9. The quantitative estimate of drug-likeness (QED) is 0.695. The molecule has 0 atom stereocenters. The average Bonchev–Trinajstić information content (AvgIpc) is 2.65. The first-order valence-corrected chi connectivity index (χ1v) is 7.62. The summed E-state index contributed by atoms with van der Waals surface area (Å²) in [6.45, 7) is 0.491. The van der Waals surface area contributed by atoms with Gasteiger partial charge < -0.3 is 15.2 Å². The second-order valence-corrected chi connectivity index (χ2v) is 5.41. The number of pyridine rings is 1. The van der Waals surface area contributed by atoms with Gasteiger partial charge in [-0.1, -0.05) is 24.3 Å². The minimum atomic E-state index is -0.971. The SMILES string of the molecule is COC(=O)c1ccc(CNc2nccc3c(C(=O)O)cccc23)cc1. The molecular weight excluding hydrogens is 320 g/mol. The molecule has 6 heteroatoms. The molecule has 0 aliphatic rings. The van der Waals surface area contributed by atoms with E-state index in [9.17, 15) is 14.7 Å². The van der Waals surface area contributed by atoms with E-state index in [1.807, 2.05) is 18.2 Å². The van der Waals surface area contributed by atoms with Crippen LogP contribution in [0.1, 0.15) is 26.3 Å². The van der Waals surface area contributed by atoms with E-state index >= 15 is 0 Å². The number of esters is 1. The largest absolute Gasteiger partial charge is 0.478 e. The van der Waals surface area contributed by atoms with Crippen molar-refractivity contribution in [2.24, 2.45) is 0 Å². The van der Waals surface area contributed by atoms with Crippen LogP contribution >= 0.6 is 0 Å². The van der Waals surface area contributed by atoms with E-state index in [0.29, 0.717) is 23.3 Å². The number of carboxylic acid groups (broad SMARTS) is 1. The summed E-state index contributed by atoms with van der Waals surface area (Å²) >= 11 is 0. The van der Waals surface area contributed by atoms with E-state index in [4.69, 9.17) is 0 Å². The molecule has 0 aliphatic carbocycles. The summed E-state index contributed by atoms with van der Waals surface area (Å²) in [4.78, 5) is 27.1. The van der Waals surface area contributed by atoms with Gasteiger partial charge in [0.15, 0.2) is 0 Å². The van der Waals surface area contributed by atoms with Gasteiger partial charge in [0.2, 0.25) is 0 Å². The Kier molecular flexibility index (Phi) is 4.61. The number of carbonyl (C=O) groups excluding carboxylic acids is 1. The van der Waals surface area contributed by atoms with Crippen molar-refractivity contribution >= 4 is 28.5 Å². The van der Waals surface area contributed by atoms with Gasteiger partial charge in [-0.05, 0) is 29.8 Å². The van der Waals surface area contributed by atoms with Crippen molar-refractivity contribution in [3.63, 3.8) is 0 Å². The van der Waals surface area contributed by atoms with E-state index in [1.165, 1.54) is 7.11 Å². The van der Waals surface area contributed by atoms with Crippen LogP contribution in [0.3, 0.4) is 0 Å². The summed E-state index contributed by atoms with van der Waals surface area (Å²) in [6.07, 6.45) is 1.58. The second kappa shape index (κ2) is 7.00. The van der Waals surface area contributed by atoms with E-state index in [-0.39, 0.29) is 11.5 Å². The second-order valence-electron chi connectivity index (χ2n) is 5.41. The van der Waals surface area contributed by atoms with Crippen LogP contribution in [0.4, 0.5) is 5.82 Å². The third-order valence-corrected chi connectivity index (χ3v) is 3.87. The highest BCUT2D eigenvalue weighted by molar-refractivity contribution is 6.06. The molecule has 2 aromatic carbocycles. The minimum absolute atomic E-state index is 0.241. The Labute approximate surface area is 144 Å². The van der Waals surface area contributed by atoms with E-state index in [0.717, 1.165) is 10.9 Å². The lowest BCUT2D eigenvalue weighted by atomic mass is 10.1. The molecule has 25 heavy (non-hydrogen) atoms. The summed E-state index contributed by atoms with van der Waals surface area (Å²) in [7, 11) is 1.34. The van der Waals surface area contributed by atoms with Crippen LogP contribution in [0.15, 0.2) is 54.7 Å². The molecule has 2 N–H and O–H groups in total. The number of ether oxygens (including phenoxy) is 1. The number of methoxy groups -OCH3 is 1. The summed E-state index contributed by atoms with van der Waals surface area (Å²) in [6, 6.07) is 13.8. The number of carbonyl (C=O) groups is 2. The Morgan fingerprint density at radius 2 is 1.84 bits per heavy atom. The molecule has 0 fully saturated rings. The van der Waals surface area contributed by atoms with Gasteiger partial charge in [0.05, 0.1) is 18.2 Å². The van der Waals surface area contributed by atoms with Gasteiger partial charge in [0.1, 0.15) is 5.82 Å². The Balaban J connectivity index is 1.83. The predicted molar refractivity (Wildman–Crippen MR) is 93.8 cm³/mol. The van der Waals surface area contributed by atoms with Crippen molar-refractivity contribution in [3.05, 3.63) is 71.4 Å². The Morgan fingerprint density at radius 1 is 1.08 bits per heavy atom. The highest BCUT2D eigenvalue weighted by Crippen LogP contribution is 2.24. The molecule has 0 radical (unpaired) electrons. The first kappa shape index (κ1) is 16.4. The number of hydrogen-bond acceptors (Lipinski definition) is 5. The molecule has 126 valence electrons. The number of carboxylic acids is 1. The number of anilines is 1. The van der Waals surface area contributed by atoms with Crippen molar-refractivity contribution in [3.8, 4) is 0 Å². The van der Waals surface area contributed by atoms with E-state index in [2.05, 4.69) is 15.0 Å². The van der Waals surface area contributed by atoms with Gasteiger partial charge >= 0.3 is 11.9 Å². The fourth-order valence-corrected chi connectivity index (χ4v) is 2.60. The Morgan fingerprint density at radius 3 is 2.52 bits per heavy atom. The number of rotatable bonds is 5. The molecule has 0 unspecified atom stereocenters. The number of hydrogen-bond donors (Lipinski definition) is 2. The van der Waals surface area contributed by atoms with Crippen LogP contribution in [0.5, 0.6) is 0 Å². The molecule has 0 aliphatic heterocycles. The number of nitrogens with one attached hydrogen (secondary N) is 1. The maximum absolute atomic E-state index is 11.4. The summed E-state index contributed by atoms with van der Waals surface area (Å²) in [5.74, 6) is -0.741. The van der Waals surface area contributed by atoms with Crippen molar-refractivity contribution in [2.75, 3.05) is 12.4 Å². The zero-order chi connectivity index (χ0) is 17.8. The lowest BCUT2D eigenvalue weighted by Gasteiger charge is -2.10. The lowest BCUT2D eigenvalue weighted by molar-refractivity contribution is 0.0599. The predicted octanol–water partition coefficient (Wildman–Crippen LogP) is 3.33. The highest BCUT2D eigenvalue weighted by Gasteiger charge is 2.11. The van der Waals surface area contributed by atoms with Crippen molar-refractivity contribution in [1.82, 2.24) is 4.98 Å². The topological polar surface area (TPSA) is 88.5 Å². The maximum atomic E-state index is 11.4. The van der Waals surface area contributed by atoms with Crippen LogP contribution in [-0.2, 0) is 11.3 Å². The molecule has 0 spiro atoms. The normalized spacial score (nSPS) is 10.4. The van der Waals surface area contributed by atoms with Gasteiger partial charge in [-0.25, -0.2) is 14.6 Å². The lowest BCUT2D eigenvalue weighted by Crippen LogP contribution is -2.05.